The molecule has 1 N–H and O–H groups in total. The van der Waals surface area contributed by atoms with Crippen molar-refractivity contribution >= 4 is 34.7 Å². The molecule has 3 aromatic rings. The van der Waals surface area contributed by atoms with E-state index in [0.717, 1.165) is 17.5 Å². The zero-order valence-corrected chi connectivity index (χ0v) is 14.0. The fraction of sp³-hybridized carbons (Fsp3) is 0.158. The largest absolute Gasteiger partial charge is 0.437 e. The van der Waals surface area contributed by atoms with Crippen LogP contribution in [0.4, 0.5) is 0 Å². The van der Waals surface area contributed by atoms with Gasteiger partial charge in [-0.3, -0.25) is 4.79 Å². The highest BCUT2D eigenvalue weighted by molar-refractivity contribution is 6.30. The first-order chi connectivity index (χ1) is 11.7. The number of aromatic nitrogens is 1. The summed E-state index contributed by atoms with van der Waals surface area (Å²) < 4.78 is 5.55. The summed E-state index contributed by atoms with van der Waals surface area (Å²) in [5, 5.41) is 3.64. The Morgan fingerprint density at radius 3 is 2.71 bits per heavy atom. The zero-order chi connectivity index (χ0) is 16.9. The topological polar surface area (TPSA) is 55.1 Å². The zero-order valence-electron chi connectivity index (χ0n) is 13.2. The van der Waals surface area contributed by atoms with Crippen molar-refractivity contribution in [2.24, 2.45) is 0 Å². The molecule has 5 heteroatoms. The maximum atomic E-state index is 12.1. The predicted octanol–water partition coefficient (Wildman–Crippen LogP) is 4.76. The Bertz CT molecular complexity index is 835. The number of para-hydroxylation sites is 2. The van der Waals surface area contributed by atoms with Crippen molar-refractivity contribution in [2.75, 3.05) is 0 Å². The van der Waals surface area contributed by atoms with Crippen LogP contribution in [0.5, 0.6) is 0 Å². The van der Waals surface area contributed by atoms with Crippen LogP contribution in [0.2, 0.25) is 5.02 Å². The number of rotatable bonds is 5. The van der Waals surface area contributed by atoms with E-state index < -0.39 is 0 Å². The molecule has 0 saturated heterocycles. The molecule has 0 aliphatic rings. The number of hydrogen-bond acceptors (Lipinski definition) is 3. The summed E-state index contributed by atoms with van der Waals surface area (Å²) in [6, 6.07) is 14.9. The molecule has 1 amide bonds. The first-order valence-electron chi connectivity index (χ1n) is 7.75. The van der Waals surface area contributed by atoms with Gasteiger partial charge in [0.25, 0.3) is 0 Å². The van der Waals surface area contributed by atoms with Gasteiger partial charge in [0, 0.05) is 17.2 Å². The molecule has 1 aromatic heterocycles. The number of carbonyl (C=O) groups excluding carboxylic acids is 1. The van der Waals surface area contributed by atoms with Crippen molar-refractivity contribution in [3.63, 3.8) is 0 Å². The summed E-state index contributed by atoms with van der Waals surface area (Å²) >= 11 is 5.90. The van der Waals surface area contributed by atoms with Gasteiger partial charge in [-0.2, -0.15) is 0 Å². The minimum atomic E-state index is -0.195. The van der Waals surface area contributed by atoms with Crippen LogP contribution in [-0.2, 0) is 4.79 Å². The van der Waals surface area contributed by atoms with Gasteiger partial charge in [0.05, 0.1) is 6.04 Å². The van der Waals surface area contributed by atoms with Crippen molar-refractivity contribution in [3.8, 4) is 0 Å². The van der Waals surface area contributed by atoms with E-state index in [1.807, 2.05) is 55.5 Å². The van der Waals surface area contributed by atoms with Crippen molar-refractivity contribution in [1.29, 1.82) is 0 Å². The predicted molar refractivity (Wildman–Crippen MR) is 95.7 cm³/mol. The number of nitrogens with zero attached hydrogens (tertiary/aromatic N) is 1. The Morgan fingerprint density at radius 2 is 2.00 bits per heavy atom. The molecule has 0 bridgehead atoms. The van der Waals surface area contributed by atoms with Gasteiger partial charge < -0.3 is 9.73 Å². The average Bonchev–Trinajstić information content (AvgIpc) is 3.02. The smallest absolute Gasteiger partial charge is 0.244 e. The van der Waals surface area contributed by atoms with Crippen molar-refractivity contribution in [2.45, 2.75) is 19.4 Å². The molecule has 0 aliphatic carbocycles. The van der Waals surface area contributed by atoms with E-state index in [-0.39, 0.29) is 11.9 Å². The van der Waals surface area contributed by atoms with E-state index in [0.29, 0.717) is 16.5 Å². The molecule has 0 saturated carbocycles. The van der Waals surface area contributed by atoms with E-state index in [1.54, 1.807) is 6.08 Å². The van der Waals surface area contributed by atoms with Crippen molar-refractivity contribution < 1.29 is 9.21 Å². The van der Waals surface area contributed by atoms with Gasteiger partial charge in [-0.15, -0.1) is 0 Å². The highest BCUT2D eigenvalue weighted by Gasteiger charge is 2.11. The average molecular weight is 341 g/mol. The molecule has 2 aromatic carbocycles. The summed E-state index contributed by atoms with van der Waals surface area (Å²) in [6.07, 6.45) is 3.79. The van der Waals surface area contributed by atoms with Gasteiger partial charge >= 0.3 is 0 Å². The quantitative estimate of drug-likeness (QED) is 0.681. The number of fused-ring (bicyclic) bond motifs is 1. The van der Waals surface area contributed by atoms with Gasteiger partial charge in [0.1, 0.15) is 5.52 Å². The molecule has 4 nitrogen and oxygen atoms in total. The van der Waals surface area contributed by atoms with Crippen LogP contribution in [0, 0.1) is 0 Å². The highest BCUT2D eigenvalue weighted by Crippen LogP contribution is 2.19. The van der Waals surface area contributed by atoms with Gasteiger partial charge in [0.2, 0.25) is 11.8 Å². The summed E-state index contributed by atoms with van der Waals surface area (Å²) in [5.41, 5.74) is 2.49. The molecular weight excluding hydrogens is 324 g/mol. The maximum Gasteiger partial charge on any atom is 0.244 e. The van der Waals surface area contributed by atoms with Crippen LogP contribution in [0.1, 0.15) is 30.8 Å². The molecule has 1 heterocycles. The third kappa shape index (κ3) is 3.84. The Hall–Kier alpha value is -2.59. The molecule has 0 spiro atoms. The summed E-state index contributed by atoms with van der Waals surface area (Å²) in [7, 11) is 0. The number of amides is 1. The van der Waals surface area contributed by atoms with Crippen LogP contribution in [-0.4, -0.2) is 10.9 Å². The molecule has 24 heavy (non-hydrogen) atoms. The second-order valence-electron chi connectivity index (χ2n) is 5.37. The fourth-order valence-corrected chi connectivity index (χ4v) is 2.57. The van der Waals surface area contributed by atoms with Gasteiger partial charge in [-0.25, -0.2) is 4.98 Å². The fourth-order valence-electron chi connectivity index (χ4n) is 2.44. The lowest BCUT2D eigenvalue weighted by molar-refractivity contribution is -0.117. The summed E-state index contributed by atoms with van der Waals surface area (Å²) in [6.45, 7) is 2.02. The van der Waals surface area contributed by atoms with E-state index in [1.165, 1.54) is 6.08 Å². The van der Waals surface area contributed by atoms with E-state index in [2.05, 4.69) is 10.3 Å². The lowest BCUT2D eigenvalue weighted by atomic mass is 10.0. The first kappa shape index (κ1) is 16.3. The number of benzene rings is 2. The number of carbonyl (C=O) groups is 1. The molecule has 3 rings (SSSR count). The molecular formula is C19H17ClN2O2. The summed E-state index contributed by atoms with van der Waals surface area (Å²) in [4.78, 5) is 16.5. The second kappa shape index (κ2) is 7.32. The van der Waals surface area contributed by atoms with Gasteiger partial charge in [-0.05, 0) is 36.2 Å². The van der Waals surface area contributed by atoms with Crippen LogP contribution in [0.3, 0.4) is 0 Å². The van der Waals surface area contributed by atoms with Crippen molar-refractivity contribution in [3.05, 3.63) is 71.1 Å². The van der Waals surface area contributed by atoms with Gasteiger partial charge in [-0.1, -0.05) is 42.8 Å². The second-order valence-corrected chi connectivity index (χ2v) is 5.81. The molecule has 1 unspecified atom stereocenters. The molecule has 1 atom stereocenters. The normalized spacial score (nSPS) is 12.6. The van der Waals surface area contributed by atoms with Crippen LogP contribution in [0.15, 0.2) is 59.0 Å². The lowest BCUT2D eigenvalue weighted by Gasteiger charge is -2.16. The monoisotopic (exact) mass is 340 g/mol. The number of hydrogen-bond donors (Lipinski definition) is 1. The lowest BCUT2D eigenvalue weighted by Crippen LogP contribution is -2.26. The van der Waals surface area contributed by atoms with E-state index in [9.17, 15) is 4.79 Å². The first-order valence-corrected chi connectivity index (χ1v) is 8.13. The highest BCUT2D eigenvalue weighted by atomic mass is 35.5. The standard InChI is InChI=1S/C19H17ClN2O2/c1-2-15(13-7-9-14(20)10-8-13)21-18(23)11-12-19-22-16-5-3-4-6-17(16)24-19/h3-12,15H,2H2,1H3,(H,21,23)/b12-11+. The van der Waals surface area contributed by atoms with Crippen LogP contribution in [0.25, 0.3) is 17.2 Å². The number of nitrogens with one attached hydrogen (secondary N) is 1. The summed E-state index contributed by atoms with van der Waals surface area (Å²) in [5.74, 6) is 0.213. The minimum Gasteiger partial charge on any atom is -0.437 e. The Morgan fingerprint density at radius 1 is 1.25 bits per heavy atom. The van der Waals surface area contributed by atoms with Crippen LogP contribution >= 0.6 is 11.6 Å². The molecule has 0 aliphatic heterocycles. The van der Waals surface area contributed by atoms with E-state index >= 15 is 0 Å². The SMILES string of the molecule is CCC(NC(=O)/C=C/c1nc2ccccc2o1)c1ccc(Cl)cc1. The third-order valence-corrected chi connectivity index (χ3v) is 3.94. The number of halogens is 1. The maximum absolute atomic E-state index is 12.1. The molecule has 122 valence electrons. The third-order valence-electron chi connectivity index (χ3n) is 3.68. The van der Waals surface area contributed by atoms with Crippen LogP contribution < -0.4 is 5.32 Å². The number of oxazole rings is 1. The molecule has 0 fully saturated rings. The Balaban J connectivity index is 1.68. The van der Waals surface area contributed by atoms with Gasteiger partial charge in [0.15, 0.2) is 5.58 Å². The van der Waals surface area contributed by atoms with E-state index in [4.69, 9.17) is 16.0 Å². The minimum absolute atomic E-state index is 0.0666. The Kier molecular flexibility index (Phi) is 4.96. The molecule has 0 radical (unpaired) electrons. The van der Waals surface area contributed by atoms with Crippen molar-refractivity contribution in [1.82, 2.24) is 10.3 Å². The Labute approximate surface area is 145 Å².